The van der Waals surface area contributed by atoms with Crippen LogP contribution in [-0.2, 0) is 6.42 Å². The van der Waals surface area contributed by atoms with E-state index in [4.69, 9.17) is 10.5 Å². The fourth-order valence-corrected chi connectivity index (χ4v) is 1.50. The fourth-order valence-electron chi connectivity index (χ4n) is 1.50. The molecular weight excluding hydrogens is 200 g/mol. The zero-order chi connectivity index (χ0) is 11.4. The molecule has 0 atom stereocenters. The lowest BCUT2D eigenvalue weighted by Crippen LogP contribution is -1.94. The minimum absolute atomic E-state index is 0.464. The number of hydrogen-bond acceptors (Lipinski definition) is 3. The first-order valence-electron chi connectivity index (χ1n) is 5.28. The Bertz CT molecular complexity index is 483. The van der Waals surface area contributed by atoms with E-state index >= 15 is 0 Å². The Morgan fingerprint density at radius 1 is 1.12 bits per heavy atom. The molecule has 0 saturated carbocycles. The minimum Gasteiger partial charge on any atom is -0.439 e. The maximum Gasteiger partial charge on any atom is 0.221 e. The maximum atomic E-state index is 5.69. The van der Waals surface area contributed by atoms with E-state index in [0.717, 1.165) is 17.7 Å². The number of nitrogen functional groups attached to an aromatic ring is 1. The van der Waals surface area contributed by atoms with Crippen molar-refractivity contribution in [2.24, 2.45) is 0 Å². The van der Waals surface area contributed by atoms with Gasteiger partial charge in [-0.25, -0.2) is 0 Å². The summed E-state index contributed by atoms with van der Waals surface area (Å²) in [6.45, 7) is 2.09. The SMILES string of the molecule is CCc1ccccc1Oc1cccc(N)n1. The molecule has 0 bridgehead atoms. The highest BCUT2D eigenvalue weighted by Crippen LogP contribution is 2.24. The standard InChI is InChI=1S/C13H14N2O/c1-2-10-6-3-4-7-11(10)16-13-9-5-8-12(14)15-13/h3-9H,2H2,1H3,(H2,14,15). The molecule has 0 aliphatic rings. The second-order valence-electron chi connectivity index (χ2n) is 3.46. The van der Waals surface area contributed by atoms with Gasteiger partial charge in [0.25, 0.3) is 0 Å². The summed E-state index contributed by atoms with van der Waals surface area (Å²) in [4.78, 5) is 4.10. The van der Waals surface area contributed by atoms with Gasteiger partial charge in [0, 0.05) is 6.07 Å². The number of ether oxygens (including phenoxy) is 1. The molecule has 82 valence electrons. The molecule has 3 heteroatoms. The molecule has 1 heterocycles. The summed E-state index contributed by atoms with van der Waals surface area (Å²) in [5.74, 6) is 1.83. The van der Waals surface area contributed by atoms with Crippen LogP contribution >= 0.6 is 0 Å². The summed E-state index contributed by atoms with van der Waals surface area (Å²) >= 11 is 0. The van der Waals surface area contributed by atoms with Crippen LogP contribution in [0.2, 0.25) is 0 Å². The Labute approximate surface area is 94.9 Å². The van der Waals surface area contributed by atoms with Gasteiger partial charge in [-0.3, -0.25) is 0 Å². The van der Waals surface area contributed by atoms with Gasteiger partial charge in [0.2, 0.25) is 5.88 Å². The number of benzene rings is 1. The zero-order valence-corrected chi connectivity index (χ0v) is 9.18. The van der Waals surface area contributed by atoms with E-state index in [1.165, 1.54) is 0 Å². The molecule has 2 aromatic rings. The number of nitrogens with two attached hydrogens (primary N) is 1. The summed E-state index contributed by atoms with van der Waals surface area (Å²) in [5.41, 5.74) is 6.75. The molecule has 0 aliphatic heterocycles. The van der Waals surface area contributed by atoms with Crippen LogP contribution in [0, 0.1) is 0 Å². The lowest BCUT2D eigenvalue weighted by atomic mass is 10.1. The average Bonchev–Trinajstić information content (AvgIpc) is 2.30. The quantitative estimate of drug-likeness (QED) is 0.854. The van der Waals surface area contributed by atoms with Gasteiger partial charge >= 0.3 is 0 Å². The highest BCUT2D eigenvalue weighted by Gasteiger charge is 2.03. The predicted octanol–water partition coefficient (Wildman–Crippen LogP) is 3.02. The third kappa shape index (κ3) is 2.31. The van der Waals surface area contributed by atoms with Crippen molar-refractivity contribution in [2.75, 3.05) is 5.73 Å². The molecule has 0 spiro atoms. The van der Waals surface area contributed by atoms with Crippen LogP contribution in [0.25, 0.3) is 0 Å². The van der Waals surface area contributed by atoms with E-state index in [-0.39, 0.29) is 0 Å². The Hall–Kier alpha value is -2.03. The maximum absolute atomic E-state index is 5.69. The van der Waals surface area contributed by atoms with Crippen LogP contribution in [0.3, 0.4) is 0 Å². The van der Waals surface area contributed by atoms with Gasteiger partial charge in [-0.2, -0.15) is 4.98 Å². The van der Waals surface area contributed by atoms with Gasteiger partial charge in [0.1, 0.15) is 11.6 Å². The number of nitrogens with zero attached hydrogens (tertiary/aromatic N) is 1. The van der Waals surface area contributed by atoms with Crippen molar-refractivity contribution in [3.8, 4) is 11.6 Å². The van der Waals surface area contributed by atoms with Gasteiger partial charge in [-0.1, -0.05) is 31.2 Å². The largest absolute Gasteiger partial charge is 0.439 e. The lowest BCUT2D eigenvalue weighted by molar-refractivity contribution is 0.458. The van der Waals surface area contributed by atoms with Crippen molar-refractivity contribution < 1.29 is 4.74 Å². The van der Waals surface area contributed by atoms with Gasteiger partial charge in [-0.15, -0.1) is 0 Å². The number of hydrogen-bond donors (Lipinski definition) is 1. The summed E-state index contributed by atoms with van der Waals surface area (Å²) in [6, 6.07) is 13.3. The number of aryl methyl sites for hydroxylation is 1. The molecule has 0 unspecified atom stereocenters. The first-order chi connectivity index (χ1) is 7.79. The normalized spacial score (nSPS) is 10.1. The number of anilines is 1. The van der Waals surface area contributed by atoms with Crippen molar-refractivity contribution in [2.45, 2.75) is 13.3 Å². The van der Waals surface area contributed by atoms with E-state index in [9.17, 15) is 0 Å². The van der Waals surface area contributed by atoms with E-state index in [1.807, 2.05) is 30.3 Å². The van der Waals surface area contributed by atoms with Crippen LogP contribution in [-0.4, -0.2) is 4.98 Å². The Morgan fingerprint density at radius 2 is 1.94 bits per heavy atom. The van der Waals surface area contributed by atoms with E-state index in [1.54, 1.807) is 12.1 Å². The number of pyridine rings is 1. The lowest BCUT2D eigenvalue weighted by Gasteiger charge is -2.08. The molecule has 0 saturated heterocycles. The molecule has 0 radical (unpaired) electrons. The summed E-state index contributed by atoms with van der Waals surface area (Å²) in [5, 5.41) is 0. The zero-order valence-electron chi connectivity index (χ0n) is 9.18. The van der Waals surface area contributed by atoms with Gasteiger partial charge in [0.05, 0.1) is 0 Å². The van der Waals surface area contributed by atoms with Crippen LogP contribution < -0.4 is 10.5 Å². The smallest absolute Gasteiger partial charge is 0.221 e. The average molecular weight is 214 g/mol. The van der Waals surface area contributed by atoms with Crippen molar-refractivity contribution in [3.63, 3.8) is 0 Å². The minimum atomic E-state index is 0.464. The van der Waals surface area contributed by atoms with Gasteiger partial charge in [-0.05, 0) is 24.1 Å². The van der Waals surface area contributed by atoms with Crippen LogP contribution in [0.15, 0.2) is 42.5 Å². The highest BCUT2D eigenvalue weighted by atomic mass is 16.5. The highest BCUT2D eigenvalue weighted by molar-refractivity contribution is 5.38. The molecule has 3 nitrogen and oxygen atoms in total. The Kier molecular flexibility index (Phi) is 3.05. The van der Waals surface area contributed by atoms with Crippen LogP contribution in [0.1, 0.15) is 12.5 Å². The molecule has 0 amide bonds. The monoisotopic (exact) mass is 214 g/mol. The summed E-state index contributed by atoms with van der Waals surface area (Å²) in [6.07, 6.45) is 0.929. The van der Waals surface area contributed by atoms with Gasteiger partial charge < -0.3 is 10.5 Å². The third-order valence-corrected chi connectivity index (χ3v) is 2.31. The van der Waals surface area contributed by atoms with Crippen molar-refractivity contribution in [1.29, 1.82) is 0 Å². The van der Waals surface area contributed by atoms with Crippen molar-refractivity contribution >= 4 is 5.82 Å². The molecule has 2 N–H and O–H groups in total. The summed E-state index contributed by atoms with van der Waals surface area (Å²) in [7, 11) is 0. The topological polar surface area (TPSA) is 48.1 Å². The van der Waals surface area contributed by atoms with Crippen LogP contribution in [0.4, 0.5) is 5.82 Å². The fraction of sp³-hybridized carbons (Fsp3) is 0.154. The molecule has 2 rings (SSSR count). The third-order valence-electron chi connectivity index (χ3n) is 2.31. The molecule has 16 heavy (non-hydrogen) atoms. The molecule has 1 aromatic carbocycles. The van der Waals surface area contributed by atoms with E-state index in [2.05, 4.69) is 11.9 Å². The van der Waals surface area contributed by atoms with Crippen molar-refractivity contribution in [3.05, 3.63) is 48.0 Å². The Morgan fingerprint density at radius 3 is 2.69 bits per heavy atom. The number of aromatic nitrogens is 1. The van der Waals surface area contributed by atoms with Crippen molar-refractivity contribution in [1.82, 2.24) is 4.98 Å². The second-order valence-corrected chi connectivity index (χ2v) is 3.46. The number of rotatable bonds is 3. The first kappa shape index (κ1) is 10.5. The molecule has 1 aromatic heterocycles. The van der Waals surface area contributed by atoms with Gasteiger partial charge in [0.15, 0.2) is 0 Å². The van der Waals surface area contributed by atoms with E-state index < -0.39 is 0 Å². The summed E-state index contributed by atoms with van der Waals surface area (Å²) < 4.78 is 5.69. The number of para-hydroxylation sites is 1. The Balaban J connectivity index is 2.26. The molecule has 0 fully saturated rings. The molecule has 0 aliphatic carbocycles. The molecular formula is C13H14N2O. The predicted molar refractivity (Wildman–Crippen MR) is 64.5 cm³/mol. The first-order valence-corrected chi connectivity index (χ1v) is 5.28. The van der Waals surface area contributed by atoms with E-state index in [0.29, 0.717) is 11.7 Å². The van der Waals surface area contributed by atoms with Crippen LogP contribution in [0.5, 0.6) is 11.6 Å². The second kappa shape index (κ2) is 4.66.